The van der Waals surface area contributed by atoms with E-state index < -0.39 is 18.0 Å². The summed E-state index contributed by atoms with van der Waals surface area (Å²) in [6.07, 6.45) is 2.87. The van der Waals surface area contributed by atoms with Crippen molar-refractivity contribution in [3.05, 3.63) is 83.9 Å². The highest BCUT2D eigenvalue weighted by Crippen LogP contribution is 2.14. The quantitative estimate of drug-likeness (QED) is 0.587. The van der Waals surface area contributed by atoms with Crippen LogP contribution in [0.25, 0.3) is 0 Å². The number of alkyl carbamates (subject to hydrolysis) is 1. The molecule has 2 amide bonds. The molecule has 154 valence electrons. The summed E-state index contributed by atoms with van der Waals surface area (Å²) in [4.78, 5) is 41.0. The Hall–Kier alpha value is -3.94. The van der Waals surface area contributed by atoms with Gasteiger partial charge in [-0.3, -0.25) is 9.59 Å². The fourth-order valence-corrected chi connectivity index (χ4v) is 2.91. The summed E-state index contributed by atoms with van der Waals surface area (Å²) >= 11 is 0. The third kappa shape index (κ3) is 5.11. The van der Waals surface area contributed by atoms with Gasteiger partial charge in [-0.2, -0.15) is 0 Å². The van der Waals surface area contributed by atoms with Crippen LogP contribution in [0, 0.1) is 0 Å². The van der Waals surface area contributed by atoms with Crippen LogP contribution in [0.4, 0.5) is 10.5 Å². The Morgan fingerprint density at radius 1 is 1.07 bits per heavy atom. The van der Waals surface area contributed by atoms with Gasteiger partial charge in [0.05, 0.1) is 7.11 Å². The summed E-state index contributed by atoms with van der Waals surface area (Å²) in [5.41, 5.74) is 1.85. The first-order chi connectivity index (χ1) is 14.5. The van der Waals surface area contributed by atoms with Crippen molar-refractivity contribution >= 4 is 23.5 Å². The molecule has 30 heavy (non-hydrogen) atoms. The third-order valence-electron chi connectivity index (χ3n) is 4.52. The highest BCUT2D eigenvalue weighted by atomic mass is 16.5. The molecule has 0 saturated carbocycles. The summed E-state index contributed by atoms with van der Waals surface area (Å²) in [5, 5.41) is 5.31. The largest absolute Gasteiger partial charge is 0.453 e. The average Bonchev–Trinajstić information content (AvgIpc) is 3.19. The lowest BCUT2D eigenvalue weighted by Gasteiger charge is -2.18. The first-order valence-corrected chi connectivity index (χ1v) is 9.29. The Kier molecular flexibility index (Phi) is 6.59. The van der Waals surface area contributed by atoms with Gasteiger partial charge in [0.25, 0.3) is 0 Å². The number of rotatable bonds is 7. The van der Waals surface area contributed by atoms with E-state index in [2.05, 4.69) is 20.4 Å². The van der Waals surface area contributed by atoms with E-state index in [1.165, 1.54) is 7.11 Å². The predicted octanol–water partition coefficient (Wildman–Crippen LogP) is 2.56. The molecule has 2 aromatic carbocycles. The molecule has 0 fully saturated rings. The molecule has 1 heterocycles. The molecule has 0 bridgehead atoms. The minimum atomic E-state index is -0.825. The zero-order chi connectivity index (χ0) is 21.5. The number of aromatic nitrogens is 2. The number of ketones is 1. The van der Waals surface area contributed by atoms with Gasteiger partial charge in [-0.05, 0) is 29.8 Å². The summed E-state index contributed by atoms with van der Waals surface area (Å²) in [6.45, 7) is 0. The van der Waals surface area contributed by atoms with Crippen LogP contribution in [0.5, 0.6) is 0 Å². The number of hydrogen-bond acceptors (Lipinski definition) is 5. The van der Waals surface area contributed by atoms with Gasteiger partial charge in [-0.1, -0.05) is 30.3 Å². The molecule has 0 aliphatic carbocycles. The minimum Gasteiger partial charge on any atom is -0.453 e. The Bertz CT molecular complexity index is 1030. The molecular weight excluding hydrogens is 384 g/mol. The van der Waals surface area contributed by atoms with E-state index in [-0.39, 0.29) is 5.78 Å². The summed E-state index contributed by atoms with van der Waals surface area (Å²) < 4.78 is 6.27. The highest BCUT2D eigenvalue weighted by Gasteiger charge is 2.22. The van der Waals surface area contributed by atoms with Gasteiger partial charge >= 0.3 is 6.09 Å². The van der Waals surface area contributed by atoms with Crippen molar-refractivity contribution in [2.24, 2.45) is 7.05 Å². The Labute approximate surface area is 173 Å². The number of imidazole rings is 1. The van der Waals surface area contributed by atoms with E-state index in [0.717, 1.165) is 5.56 Å². The average molecular weight is 406 g/mol. The van der Waals surface area contributed by atoms with Crippen LogP contribution in [-0.2, 0) is 23.0 Å². The molecule has 1 atom stereocenters. The van der Waals surface area contributed by atoms with Gasteiger partial charge in [0.2, 0.25) is 11.7 Å². The second-order valence-electron chi connectivity index (χ2n) is 6.64. The maximum absolute atomic E-state index is 12.8. The van der Waals surface area contributed by atoms with Crippen LogP contribution < -0.4 is 10.6 Å². The molecule has 0 radical (unpaired) electrons. The maximum Gasteiger partial charge on any atom is 0.407 e. The molecule has 0 spiro atoms. The molecule has 0 aliphatic rings. The Morgan fingerprint density at radius 3 is 2.37 bits per heavy atom. The number of nitrogens with one attached hydrogen (secondary N) is 2. The van der Waals surface area contributed by atoms with Crippen molar-refractivity contribution in [2.75, 3.05) is 12.4 Å². The first-order valence-electron chi connectivity index (χ1n) is 9.29. The van der Waals surface area contributed by atoms with Crippen LogP contribution in [0.1, 0.15) is 21.7 Å². The van der Waals surface area contributed by atoms with Crippen LogP contribution in [0.2, 0.25) is 0 Å². The Morgan fingerprint density at radius 2 is 1.77 bits per heavy atom. The number of carbonyl (C=O) groups excluding carboxylic acids is 3. The molecular formula is C22H22N4O4. The molecule has 8 nitrogen and oxygen atoms in total. The van der Waals surface area contributed by atoms with E-state index in [0.29, 0.717) is 23.5 Å². The number of methoxy groups -OCH3 is 1. The van der Waals surface area contributed by atoms with Crippen molar-refractivity contribution in [2.45, 2.75) is 12.5 Å². The number of ether oxygens (including phenoxy) is 1. The summed E-state index contributed by atoms with van der Waals surface area (Å²) in [6, 6.07) is 15.0. The molecule has 1 aromatic heterocycles. The van der Waals surface area contributed by atoms with E-state index in [9.17, 15) is 14.4 Å². The van der Waals surface area contributed by atoms with Crippen LogP contribution in [-0.4, -0.2) is 40.5 Å². The summed E-state index contributed by atoms with van der Waals surface area (Å²) in [7, 11) is 2.99. The van der Waals surface area contributed by atoms with Crippen molar-refractivity contribution in [1.29, 1.82) is 0 Å². The Balaban J connectivity index is 1.70. The SMILES string of the molecule is COC(=O)NC(Cc1ccccc1)C(=O)Nc1ccc(C(=O)c2nccn2C)cc1. The number of benzene rings is 2. The highest BCUT2D eigenvalue weighted by molar-refractivity contribution is 6.07. The zero-order valence-corrected chi connectivity index (χ0v) is 16.7. The lowest BCUT2D eigenvalue weighted by atomic mass is 10.1. The molecule has 3 rings (SSSR count). The number of aryl methyl sites for hydroxylation is 1. The second-order valence-corrected chi connectivity index (χ2v) is 6.64. The van der Waals surface area contributed by atoms with Gasteiger partial charge in [-0.15, -0.1) is 0 Å². The van der Waals surface area contributed by atoms with Crippen LogP contribution in [0.15, 0.2) is 67.0 Å². The van der Waals surface area contributed by atoms with Crippen LogP contribution >= 0.6 is 0 Å². The van der Waals surface area contributed by atoms with Crippen molar-refractivity contribution in [3.63, 3.8) is 0 Å². The number of anilines is 1. The van der Waals surface area contributed by atoms with Gasteiger partial charge < -0.3 is 19.9 Å². The minimum absolute atomic E-state index is 0.213. The molecule has 2 N–H and O–H groups in total. The van der Waals surface area contributed by atoms with E-state index in [4.69, 9.17) is 0 Å². The summed E-state index contributed by atoms with van der Waals surface area (Å²) in [5.74, 6) is -0.279. The van der Waals surface area contributed by atoms with Crippen molar-refractivity contribution < 1.29 is 19.1 Å². The van der Waals surface area contributed by atoms with Gasteiger partial charge in [-0.25, -0.2) is 9.78 Å². The smallest absolute Gasteiger partial charge is 0.407 e. The molecule has 8 heteroatoms. The topological polar surface area (TPSA) is 102 Å². The van der Waals surface area contributed by atoms with Gasteiger partial charge in [0.1, 0.15) is 6.04 Å². The fraction of sp³-hybridized carbons (Fsp3) is 0.182. The van der Waals surface area contributed by atoms with Crippen molar-refractivity contribution in [1.82, 2.24) is 14.9 Å². The van der Waals surface area contributed by atoms with Gasteiger partial charge in [0.15, 0.2) is 5.82 Å². The number of nitrogens with zero attached hydrogens (tertiary/aromatic N) is 2. The molecule has 1 unspecified atom stereocenters. The van der Waals surface area contributed by atoms with Crippen LogP contribution in [0.3, 0.4) is 0 Å². The van der Waals surface area contributed by atoms with E-state index in [1.54, 1.807) is 48.3 Å². The zero-order valence-electron chi connectivity index (χ0n) is 16.7. The number of carbonyl (C=O) groups is 3. The lowest BCUT2D eigenvalue weighted by Crippen LogP contribution is -2.45. The molecule has 0 aliphatic heterocycles. The second kappa shape index (κ2) is 9.51. The standard InChI is InChI=1S/C22H22N4O4/c1-26-13-12-23-20(26)19(27)16-8-10-17(11-9-16)24-21(28)18(25-22(29)30-2)14-15-6-4-3-5-7-15/h3-13,18H,14H2,1-2H3,(H,24,28)(H,25,29). The molecule has 0 saturated heterocycles. The molecule has 3 aromatic rings. The lowest BCUT2D eigenvalue weighted by molar-refractivity contribution is -0.118. The first kappa shape index (κ1) is 20.8. The fourth-order valence-electron chi connectivity index (χ4n) is 2.91. The normalized spacial score (nSPS) is 11.4. The number of amides is 2. The predicted molar refractivity (Wildman–Crippen MR) is 111 cm³/mol. The van der Waals surface area contributed by atoms with Crippen molar-refractivity contribution in [3.8, 4) is 0 Å². The monoisotopic (exact) mass is 406 g/mol. The number of hydrogen-bond donors (Lipinski definition) is 2. The maximum atomic E-state index is 12.8. The third-order valence-corrected chi connectivity index (χ3v) is 4.52. The van der Waals surface area contributed by atoms with Gasteiger partial charge in [0, 0.05) is 37.1 Å². The van der Waals surface area contributed by atoms with E-state index in [1.807, 2.05) is 30.3 Å². The van der Waals surface area contributed by atoms with E-state index >= 15 is 0 Å².